The number of hydrogen-bond acceptors (Lipinski definition) is 6. The minimum Gasteiger partial charge on any atom is -0.339 e. The average Bonchev–Trinajstić information content (AvgIpc) is 3.31. The summed E-state index contributed by atoms with van der Waals surface area (Å²) in [6.45, 7) is 5.44. The van der Waals surface area contributed by atoms with Gasteiger partial charge in [-0.2, -0.15) is 4.98 Å². The van der Waals surface area contributed by atoms with Crippen molar-refractivity contribution in [1.29, 1.82) is 0 Å². The number of carbonyl (C=O) groups excluding carboxylic acids is 1. The molecule has 6 nitrogen and oxygen atoms in total. The van der Waals surface area contributed by atoms with Gasteiger partial charge in [-0.05, 0) is 38.2 Å². The fraction of sp³-hybridized carbons (Fsp3) is 0.400. The van der Waals surface area contributed by atoms with E-state index in [2.05, 4.69) is 15.1 Å². The predicted octanol–water partition coefficient (Wildman–Crippen LogP) is 3.90. The van der Waals surface area contributed by atoms with Gasteiger partial charge in [0.15, 0.2) is 0 Å². The van der Waals surface area contributed by atoms with Gasteiger partial charge < -0.3 is 9.42 Å². The number of amides is 1. The summed E-state index contributed by atoms with van der Waals surface area (Å²) in [6.07, 6.45) is 2.74. The van der Waals surface area contributed by atoms with Gasteiger partial charge >= 0.3 is 0 Å². The van der Waals surface area contributed by atoms with Crippen molar-refractivity contribution in [2.75, 3.05) is 13.1 Å². The molecule has 1 saturated heterocycles. The summed E-state index contributed by atoms with van der Waals surface area (Å²) < 4.78 is 5.49. The normalized spacial score (nSPS) is 17.3. The third-order valence-electron chi connectivity index (χ3n) is 4.96. The Morgan fingerprint density at radius 3 is 2.93 bits per heavy atom. The van der Waals surface area contributed by atoms with Crippen LogP contribution in [0.5, 0.6) is 0 Å². The molecule has 0 bridgehead atoms. The number of piperidine rings is 1. The van der Waals surface area contributed by atoms with Gasteiger partial charge in [0, 0.05) is 30.5 Å². The minimum atomic E-state index is 0.0233. The van der Waals surface area contributed by atoms with Gasteiger partial charge in [-0.3, -0.25) is 4.79 Å². The summed E-state index contributed by atoms with van der Waals surface area (Å²) in [7, 11) is 0. The standard InChI is InChI=1S/C20H22N4O2S/c1-13-6-3-4-8-16(13)19-22-18(26-23-19)10-15-7-5-9-24(11-15)20(25)17-12-27-14(2)21-17/h3-4,6,8,12,15H,5,7,9-11H2,1-2H3/t15-/m0/s1. The first kappa shape index (κ1) is 17.9. The number of aryl methyl sites for hydroxylation is 2. The first-order valence-electron chi connectivity index (χ1n) is 9.20. The first-order valence-corrected chi connectivity index (χ1v) is 10.1. The Labute approximate surface area is 162 Å². The number of hydrogen-bond donors (Lipinski definition) is 0. The van der Waals surface area contributed by atoms with E-state index in [1.54, 1.807) is 0 Å². The van der Waals surface area contributed by atoms with Crippen LogP contribution in [0.4, 0.5) is 0 Å². The SMILES string of the molecule is Cc1nc(C(=O)N2CCC[C@@H](Cc3nc(-c4ccccc4C)no3)C2)cs1. The van der Waals surface area contributed by atoms with Crippen LogP contribution in [0, 0.1) is 19.8 Å². The Hall–Kier alpha value is -2.54. The minimum absolute atomic E-state index is 0.0233. The van der Waals surface area contributed by atoms with Crippen molar-refractivity contribution in [2.45, 2.75) is 33.1 Å². The quantitative estimate of drug-likeness (QED) is 0.684. The number of rotatable bonds is 4. The lowest BCUT2D eigenvalue weighted by molar-refractivity contribution is 0.0663. The number of thiazole rings is 1. The highest BCUT2D eigenvalue weighted by atomic mass is 32.1. The first-order chi connectivity index (χ1) is 13.1. The molecule has 3 heterocycles. The number of benzene rings is 1. The number of carbonyl (C=O) groups is 1. The molecule has 0 saturated carbocycles. The number of nitrogens with zero attached hydrogens (tertiary/aromatic N) is 4. The Morgan fingerprint density at radius 1 is 1.30 bits per heavy atom. The van der Waals surface area contributed by atoms with E-state index >= 15 is 0 Å². The molecule has 1 aliphatic rings. The zero-order chi connectivity index (χ0) is 18.8. The largest absolute Gasteiger partial charge is 0.339 e. The molecule has 1 amide bonds. The van der Waals surface area contributed by atoms with Crippen LogP contribution < -0.4 is 0 Å². The van der Waals surface area contributed by atoms with Crippen LogP contribution in [0.15, 0.2) is 34.2 Å². The maximum Gasteiger partial charge on any atom is 0.273 e. The van der Waals surface area contributed by atoms with Crippen LogP contribution in [0.2, 0.25) is 0 Å². The van der Waals surface area contributed by atoms with E-state index in [4.69, 9.17) is 4.52 Å². The summed E-state index contributed by atoms with van der Waals surface area (Å²) >= 11 is 1.51. The molecule has 0 radical (unpaired) electrons. The molecule has 0 unspecified atom stereocenters. The van der Waals surface area contributed by atoms with Crippen LogP contribution in [0.1, 0.15) is 39.8 Å². The lowest BCUT2D eigenvalue weighted by Crippen LogP contribution is -2.40. The van der Waals surface area contributed by atoms with Crippen molar-refractivity contribution in [3.63, 3.8) is 0 Å². The van der Waals surface area contributed by atoms with Gasteiger partial charge in [0.1, 0.15) is 5.69 Å². The van der Waals surface area contributed by atoms with Crippen molar-refractivity contribution < 1.29 is 9.32 Å². The smallest absolute Gasteiger partial charge is 0.273 e. The van der Waals surface area contributed by atoms with E-state index in [9.17, 15) is 4.79 Å². The number of aromatic nitrogens is 3. The molecular formula is C20H22N4O2S. The van der Waals surface area contributed by atoms with Gasteiger partial charge in [-0.25, -0.2) is 4.98 Å². The Morgan fingerprint density at radius 2 is 2.15 bits per heavy atom. The van der Waals surface area contributed by atoms with Crippen LogP contribution in [0.25, 0.3) is 11.4 Å². The molecule has 1 aliphatic heterocycles. The predicted molar refractivity (Wildman–Crippen MR) is 104 cm³/mol. The van der Waals surface area contributed by atoms with Crippen LogP contribution in [0.3, 0.4) is 0 Å². The van der Waals surface area contributed by atoms with Crippen LogP contribution in [-0.2, 0) is 6.42 Å². The molecule has 0 spiro atoms. The summed E-state index contributed by atoms with van der Waals surface area (Å²) in [4.78, 5) is 23.5. The third kappa shape index (κ3) is 3.93. The number of likely N-dealkylation sites (tertiary alicyclic amines) is 1. The van der Waals surface area contributed by atoms with Crippen molar-refractivity contribution in [1.82, 2.24) is 20.0 Å². The molecule has 4 rings (SSSR count). The topological polar surface area (TPSA) is 72.1 Å². The molecule has 3 aromatic rings. The zero-order valence-electron chi connectivity index (χ0n) is 15.5. The molecule has 2 aromatic heterocycles. The highest BCUT2D eigenvalue weighted by Gasteiger charge is 2.27. The van der Waals surface area contributed by atoms with E-state index in [1.807, 2.05) is 48.4 Å². The van der Waals surface area contributed by atoms with Gasteiger partial charge in [-0.1, -0.05) is 29.4 Å². The molecule has 0 N–H and O–H groups in total. The molecule has 1 atom stereocenters. The van der Waals surface area contributed by atoms with Crippen molar-refractivity contribution in [2.24, 2.45) is 5.92 Å². The Kier molecular flexibility index (Phi) is 5.03. The van der Waals surface area contributed by atoms with Gasteiger partial charge in [0.05, 0.1) is 5.01 Å². The van der Waals surface area contributed by atoms with Gasteiger partial charge in [0.2, 0.25) is 11.7 Å². The fourth-order valence-electron chi connectivity index (χ4n) is 3.56. The summed E-state index contributed by atoms with van der Waals surface area (Å²) in [5.74, 6) is 1.62. The highest BCUT2D eigenvalue weighted by Crippen LogP contribution is 2.24. The molecular weight excluding hydrogens is 360 g/mol. The second-order valence-corrected chi connectivity index (χ2v) is 8.10. The molecule has 140 valence electrons. The lowest BCUT2D eigenvalue weighted by atomic mass is 9.94. The van der Waals surface area contributed by atoms with Crippen molar-refractivity contribution in [3.8, 4) is 11.4 Å². The molecule has 1 aromatic carbocycles. The molecule has 0 aliphatic carbocycles. The third-order valence-corrected chi connectivity index (χ3v) is 5.74. The van der Waals surface area contributed by atoms with E-state index in [0.29, 0.717) is 36.3 Å². The molecule has 1 fully saturated rings. The Balaban J connectivity index is 1.43. The second-order valence-electron chi connectivity index (χ2n) is 7.04. The summed E-state index contributed by atoms with van der Waals surface area (Å²) in [5.41, 5.74) is 2.67. The maximum absolute atomic E-state index is 12.7. The van der Waals surface area contributed by atoms with Crippen LogP contribution in [-0.4, -0.2) is 39.0 Å². The van der Waals surface area contributed by atoms with Crippen molar-refractivity contribution in [3.05, 3.63) is 51.8 Å². The van der Waals surface area contributed by atoms with Gasteiger partial charge in [0.25, 0.3) is 5.91 Å². The van der Waals surface area contributed by atoms with E-state index < -0.39 is 0 Å². The van der Waals surface area contributed by atoms with Gasteiger partial charge in [-0.15, -0.1) is 11.3 Å². The summed E-state index contributed by atoms with van der Waals surface area (Å²) in [5, 5.41) is 6.90. The van der Waals surface area contributed by atoms with E-state index in [-0.39, 0.29) is 5.91 Å². The van der Waals surface area contributed by atoms with E-state index in [1.165, 1.54) is 11.3 Å². The summed E-state index contributed by atoms with van der Waals surface area (Å²) in [6, 6.07) is 8.01. The monoisotopic (exact) mass is 382 g/mol. The zero-order valence-corrected chi connectivity index (χ0v) is 16.3. The van der Waals surface area contributed by atoms with Crippen molar-refractivity contribution >= 4 is 17.2 Å². The highest BCUT2D eigenvalue weighted by molar-refractivity contribution is 7.09. The lowest BCUT2D eigenvalue weighted by Gasteiger charge is -2.31. The Bertz CT molecular complexity index is 949. The molecule has 27 heavy (non-hydrogen) atoms. The maximum atomic E-state index is 12.7. The fourth-order valence-corrected chi connectivity index (χ4v) is 4.14. The molecule has 7 heteroatoms. The second kappa shape index (κ2) is 7.60. The van der Waals surface area contributed by atoms with Crippen LogP contribution >= 0.6 is 11.3 Å². The van der Waals surface area contributed by atoms with E-state index in [0.717, 1.165) is 35.5 Å². The average molecular weight is 382 g/mol.